The molecular formula is C17H17N3O6. The third-order valence-electron chi connectivity index (χ3n) is 4.42. The lowest BCUT2D eigenvalue weighted by Crippen LogP contribution is -2.56. The van der Waals surface area contributed by atoms with Gasteiger partial charge in [-0.15, -0.1) is 0 Å². The van der Waals surface area contributed by atoms with Crippen LogP contribution in [0.25, 0.3) is 0 Å². The minimum Gasteiger partial charge on any atom is -0.444 e. The number of piperidine rings is 1. The van der Waals surface area contributed by atoms with E-state index in [-0.39, 0.29) is 36.1 Å². The third kappa shape index (κ3) is 2.71. The van der Waals surface area contributed by atoms with Crippen LogP contribution in [0.1, 0.15) is 46.9 Å². The first kappa shape index (κ1) is 17.6. The summed E-state index contributed by atoms with van der Waals surface area (Å²) in [7, 11) is 0. The Morgan fingerprint density at radius 2 is 1.96 bits per heavy atom. The van der Waals surface area contributed by atoms with E-state index >= 15 is 0 Å². The second-order valence-electron chi connectivity index (χ2n) is 5.96. The van der Waals surface area contributed by atoms with Crippen molar-refractivity contribution in [3.63, 3.8) is 0 Å². The molecule has 0 bridgehead atoms. The lowest BCUT2D eigenvalue weighted by molar-refractivity contribution is -0.163. The Labute approximate surface area is 148 Å². The molecule has 2 aliphatic heterocycles. The number of anilines is 1. The minimum atomic E-state index is -1.14. The maximum atomic E-state index is 12.7. The highest BCUT2D eigenvalue weighted by molar-refractivity contribution is 6.25. The summed E-state index contributed by atoms with van der Waals surface area (Å²) in [5.41, 5.74) is 6.13. The molecule has 1 aromatic rings. The predicted molar refractivity (Wildman–Crippen MR) is 87.5 cm³/mol. The SMILES string of the molecule is CCC(=O)OCN1C(=O)CCC(N2C(=O)c3cccc(N)c3C2=O)C1=O. The monoisotopic (exact) mass is 359 g/mol. The number of rotatable bonds is 4. The molecule has 9 heteroatoms. The normalized spacial score (nSPS) is 19.8. The molecule has 0 aliphatic carbocycles. The predicted octanol–water partition coefficient (Wildman–Crippen LogP) is 0.293. The average molecular weight is 359 g/mol. The molecule has 1 aromatic carbocycles. The van der Waals surface area contributed by atoms with Gasteiger partial charge in [-0.1, -0.05) is 13.0 Å². The number of nitrogens with two attached hydrogens (primary N) is 1. The van der Waals surface area contributed by atoms with Gasteiger partial charge in [0.25, 0.3) is 17.7 Å². The molecular weight excluding hydrogens is 342 g/mol. The van der Waals surface area contributed by atoms with Crippen molar-refractivity contribution in [1.29, 1.82) is 0 Å². The first-order valence-electron chi connectivity index (χ1n) is 8.13. The molecule has 2 heterocycles. The molecule has 2 N–H and O–H groups in total. The van der Waals surface area contributed by atoms with E-state index in [0.717, 1.165) is 9.80 Å². The fourth-order valence-electron chi connectivity index (χ4n) is 3.05. The first-order chi connectivity index (χ1) is 12.4. The zero-order chi connectivity index (χ0) is 19.0. The molecule has 26 heavy (non-hydrogen) atoms. The van der Waals surface area contributed by atoms with Gasteiger partial charge in [-0.25, -0.2) is 4.90 Å². The number of esters is 1. The van der Waals surface area contributed by atoms with Gasteiger partial charge in [-0.3, -0.25) is 28.9 Å². The van der Waals surface area contributed by atoms with Crippen molar-refractivity contribution in [3.8, 4) is 0 Å². The number of ether oxygens (including phenoxy) is 1. The lowest BCUT2D eigenvalue weighted by atomic mass is 10.0. The second-order valence-corrected chi connectivity index (χ2v) is 5.96. The average Bonchev–Trinajstić information content (AvgIpc) is 2.87. The van der Waals surface area contributed by atoms with Crippen LogP contribution in [0.5, 0.6) is 0 Å². The number of hydrogen-bond acceptors (Lipinski definition) is 7. The number of imide groups is 2. The van der Waals surface area contributed by atoms with Crippen molar-refractivity contribution >= 4 is 35.3 Å². The number of hydrogen-bond donors (Lipinski definition) is 1. The molecule has 1 saturated heterocycles. The van der Waals surface area contributed by atoms with Crippen LogP contribution in [0.3, 0.4) is 0 Å². The standard InChI is InChI=1S/C17H17N3O6/c1-2-13(22)26-8-19-12(21)7-6-11(16(19)24)20-15(23)9-4-3-5-10(18)14(9)17(20)25/h3-5,11H,2,6-8,18H2,1H3. The Bertz CT molecular complexity index is 834. The molecule has 1 fully saturated rings. The van der Waals surface area contributed by atoms with E-state index in [1.807, 2.05) is 0 Å². The summed E-state index contributed by atoms with van der Waals surface area (Å²) in [5.74, 6) is -3.14. The number of likely N-dealkylation sites (tertiary alicyclic amines) is 1. The molecule has 0 spiro atoms. The summed E-state index contributed by atoms with van der Waals surface area (Å²) in [4.78, 5) is 62.9. The molecule has 9 nitrogen and oxygen atoms in total. The molecule has 4 amide bonds. The van der Waals surface area contributed by atoms with Gasteiger partial charge in [0.1, 0.15) is 6.04 Å². The second kappa shape index (κ2) is 6.58. The van der Waals surface area contributed by atoms with E-state index < -0.39 is 42.4 Å². The number of fused-ring (bicyclic) bond motifs is 1. The summed E-state index contributed by atoms with van der Waals surface area (Å²) in [6.07, 6.45) is 0.0571. The number of nitrogen functional groups attached to an aromatic ring is 1. The molecule has 0 aromatic heterocycles. The van der Waals surface area contributed by atoms with Gasteiger partial charge in [0, 0.05) is 18.5 Å². The maximum Gasteiger partial charge on any atom is 0.307 e. The highest BCUT2D eigenvalue weighted by atomic mass is 16.5. The summed E-state index contributed by atoms with van der Waals surface area (Å²) in [5, 5.41) is 0. The maximum absolute atomic E-state index is 12.7. The molecule has 3 rings (SSSR count). The largest absolute Gasteiger partial charge is 0.444 e. The Balaban J connectivity index is 1.86. The van der Waals surface area contributed by atoms with Crippen molar-refractivity contribution in [2.75, 3.05) is 12.5 Å². The van der Waals surface area contributed by atoms with Crippen LogP contribution in [0.4, 0.5) is 5.69 Å². The van der Waals surface area contributed by atoms with E-state index in [0.29, 0.717) is 0 Å². The summed E-state index contributed by atoms with van der Waals surface area (Å²) in [6, 6.07) is 3.37. The van der Waals surface area contributed by atoms with E-state index in [4.69, 9.17) is 10.5 Å². The third-order valence-corrected chi connectivity index (χ3v) is 4.42. The molecule has 0 saturated carbocycles. The molecule has 2 aliphatic rings. The van der Waals surface area contributed by atoms with Crippen LogP contribution in [0.15, 0.2) is 18.2 Å². The zero-order valence-corrected chi connectivity index (χ0v) is 14.1. The smallest absolute Gasteiger partial charge is 0.307 e. The molecule has 136 valence electrons. The van der Waals surface area contributed by atoms with Crippen LogP contribution >= 0.6 is 0 Å². The molecule has 0 radical (unpaired) electrons. The van der Waals surface area contributed by atoms with Gasteiger partial charge >= 0.3 is 5.97 Å². The van der Waals surface area contributed by atoms with Gasteiger partial charge < -0.3 is 10.5 Å². The van der Waals surface area contributed by atoms with Gasteiger partial charge in [0.2, 0.25) is 5.91 Å². The van der Waals surface area contributed by atoms with Crippen LogP contribution < -0.4 is 5.73 Å². The minimum absolute atomic E-state index is 0.0151. The first-order valence-corrected chi connectivity index (χ1v) is 8.13. The van der Waals surface area contributed by atoms with Gasteiger partial charge in [0.15, 0.2) is 6.73 Å². The number of amides is 4. The van der Waals surface area contributed by atoms with E-state index in [1.54, 1.807) is 13.0 Å². The zero-order valence-electron chi connectivity index (χ0n) is 14.1. The van der Waals surface area contributed by atoms with Crippen LogP contribution in [-0.4, -0.2) is 52.2 Å². The topological polar surface area (TPSA) is 127 Å². The van der Waals surface area contributed by atoms with Gasteiger partial charge in [0.05, 0.1) is 11.1 Å². The Morgan fingerprint density at radius 1 is 1.23 bits per heavy atom. The number of carbonyl (C=O) groups excluding carboxylic acids is 5. The fourth-order valence-corrected chi connectivity index (χ4v) is 3.05. The van der Waals surface area contributed by atoms with Crippen LogP contribution in [-0.2, 0) is 19.1 Å². The summed E-state index contributed by atoms with van der Waals surface area (Å²) < 4.78 is 4.85. The van der Waals surface area contributed by atoms with E-state index in [2.05, 4.69) is 0 Å². The quantitative estimate of drug-likeness (QED) is 0.465. The molecule has 1 atom stereocenters. The van der Waals surface area contributed by atoms with Crippen LogP contribution in [0.2, 0.25) is 0 Å². The summed E-state index contributed by atoms with van der Waals surface area (Å²) in [6.45, 7) is 1.04. The Kier molecular flexibility index (Phi) is 4.45. The van der Waals surface area contributed by atoms with Crippen molar-refractivity contribution in [1.82, 2.24) is 9.80 Å². The highest BCUT2D eigenvalue weighted by Crippen LogP contribution is 2.31. The van der Waals surface area contributed by atoms with Crippen LogP contribution in [0, 0.1) is 0 Å². The molecule has 1 unspecified atom stereocenters. The van der Waals surface area contributed by atoms with E-state index in [1.165, 1.54) is 12.1 Å². The van der Waals surface area contributed by atoms with Crippen molar-refractivity contribution in [3.05, 3.63) is 29.3 Å². The lowest BCUT2D eigenvalue weighted by Gasteiger charge is -2.33. The van der Waals surface area contributed by atoms with Crippen molar-refractivity contribution in [2.24, 2.45) is 0 Å². The fraction of sp³-hybridized carbons (Fsp3) is 0.353. The Hall–Kier alpha value is -3.23. The van der Waals surface area contributed by atoms with Crippen molar-refractivity contribution in [2.45, 2.75) is 32.2 Å². The van der Waals surface area contributed by atoms with Gasteiger partial charge in [-0.2, -0.15) is 0 Å². The Morgan fingerprint density at radius 3 is 2.62 bits per heavy atom. The van der Waals surface area contributed by atoms with E-state index in [9.17, 15) is 24.0 Å². The summed E-state index contributed by atoms with van der Waals surface area (Å²) >= 11 is 0. The van der Waals surface area contributed by atoms with Crippen molar-refractivity contribution < 1.29 is 28.7 Å². The number of nitrogens with zero attached hydrogens (tertiary/aromatic N) is 2. The number of carbonyl (C=O) groups is 5. The van der Waals surface area contributed by atoms with Gasteiger partial charge in [-0.05, 0) is 18.6 Å². The highest BCUT2D eigenvalue weighted by Gasteiger charge is 2.47. The number of benzene rings is 1.